The highest BCUT2D eigenvalue weighted by Crippen LogP contribution is 2.53. The van der Waals surface area contributed by atoms with E-state index in [-0.39, 0.29) is 12.1 Å². The number of amides is 2. The molecule has 8 heteroatoms. The van der Waals surface area contributed by atoms with Gasteiger partial charge in [-0.05, 0) is 43.7 Å². The van der Waals surface area contributed by atoms with E-state index in [4.69, 9.17) is 9.47 Å². The SMILES string of the molecule is C=CCOc1ccc(/C(O)=C2/C(=O)C(=O)N(CCCOC)C23C(=O)N(CC)c2ccccc23)cc1. The fourth-order valence-corrected chi connectivity index (χ4v) is 4.86. The maximum absolute atomic E-state index is 14.0. The van der Waals surface area contributed by atoms with Gasteiger partial charge in [-0.25, -0.2) is 0 Å². The minimum Gasteiger partial charge on any atom is -0.507 e. The summed E-state index contributed by atoms with van der Waals surface area (Å²) in [6.07, 6.45) is 2.03. The van der Waals surface area contributed by atoms with Crippen molar-refractivity contribution in [1.29, 1.82) is 0 Å². The van der Waals surface area contributed by atoms with E-state index >= 15 is 0 Å². The molecule has 1 spiro atoms. The molecule has 1 unspecified atom stereocenters. The number of likely N-dealkylation sites (tertiary alicyclic amines) is 1. The van der Waals surface area contributed by atoms with E-state index in [1.165, 1.54) is 4.90 Å². The molecule has 1 N–H and O–H groups in total. The van der Waals surface area contributed by atoms with E-state index in [0.717, 1.165) is 0 Å². The van der Waals surface area contributed by atoms with Crippen LogP contribution in [0, 0.1) is 0 Å². The van der Waals surface area contributed by atoms with E-state index in [1.54, 1.807) is 66.6 Å². The van der Waals surface area contributed by atoms with Gasteiger partial charge in [-0.15, -0.1) is 0 Å². The molecule has 2 aromatic carbocycles. The summed E-state index contributed by atoms with van der Waals surface area (Å²) < 4.78 is 10.6. The van der Waals surface area contributed by atoms with Crippen LogP contribution in [0.3, 0.4) is 0 Å². The predicted octanol–water partition coefficient (Wildman–Crippen LogP) is 3.23. The topological polar surface area (TPSA) is 96.4 Å². The molecule has 0 aliphatic carbocycles. The van der Waals surface area contributed by atoms with Crippen molar-refractivity contribution >= 4 is 29.0 Å². The van der Waals surface area contributed by atoms with Gasteiger partial charge in [0, 0.05) is 37.9 Å². The molecule has 2 amide bonds. The number of likely N-dealkylation sites (N-methyl/N-ethyl adjacent to an activating group) is 1. The van der Waals surface area contributed by atoms with Crippen LogP contribution in [0.15, 0.2) is 66.8 Å². The third kappa shape index (κ3) is 3.70. The fourth-order valence-electron chi connectivity index (χ4n) is 4.86. The van der Waals surface area contributed by atoms with E-state index in [0.29, 0.717) is 48.7 Å². The van der Waals surface area contributed by atoms with Crippen molar-refractivity contribution in [3.8, 4) is 5.75 Å². The second-order valence-corrected chi connectivity index (χ2v) is 8.26. The molecule has 0 saturated carbocycles. The van der Waals surface area contributed by atoms with Crippen LogP contribution >= 0.6 is 0 Å². The summed E-state index contributed by atoms with van der Waals surface area (Å²) in [4.78, 5) is 43.6. The standard InChI is InChI=1S/C27H28N2O6/c1-4-16-35-19-13-11-18(12-14-19)23(30)22-24(31)25(32)29(15-8-17-34-3)27(22)20-9-6-7-10-21(20)28(5-2)26(27)33/h4,6-7,9-14,30H,1,5,8,15-17H2,2-3H3/b23-22+. The Bertz CT molecular complexity index is 1200. The Morgan fingerprint density at radius 2 is 1.83 bits per heavy atom. The Kier molecular flexibility index (Phi) is 6.75. The molecular formula is C27H28N2O6. The van der Waals surface area contributed by atoms with Gasteiger partial charge in [0.05, 0.1) is 11.3 Å². The number of carbonyl (C=O) groups is 3. The molecule has 0 radical (unpaired) electrons. The van der Waals surface area contributed by atoms with Crippen molar-refractivity contribution in [2.24, 2.45) is 0 Å². The van der Waals surface area contributed by atoms with Crippen molar-refractivity contribution < 1.29 is 29.0 Å². The van der Waals surface area contributed by atoms with Gasteiger partial charge in [0.25, 0.3) is 17.6 Å². The van der Waals surface area contributed by atoms with E-state index in [2.05, 4.69) is 6.58 Å². The summed E-state index contributed by atoms with van der Waals surface area (Å²) in [7, 11) is 1.54. The number of fused-ring (bicyclic) bond motifs is 2. The molecule has 2 heterocycles. The van der Waals surface area contributed by atoms with Gasteiger partial charge >= 0.3 is 0 Å². The number of rotatable bonds is 9. The number of ketones is 1. The van der Waals surface area contributed by atoms with Gasteiger partial charge in [0.1, 0.15) is 18.1 Å². The Balaban J connectivity index is 1.94. The lowest BCUT2D eigenvalue weighted by molar-refractivity contribution is -0.143. The summed E-state index contributed by atoms with van der Waals surface area (Å²) in [6.45, 7) is 6.56. The number of carbonyl (C=O) groups excluding carboxylic acids is 3. The average molecular weight is 477 g/mol. The summed E-state index contributed by atoms with van der Waals surface area (Å²) in [6, 6.07) is 13.5. The molecule has 0 bridgehead atoms. The third-order valence-electron chi connectivity index (χ3n) is 6.35. The number of hydrogen-bond donors (Lipinski definition) is 1. The molecule has 0 aromatic heterocycles. The Hall–Kier alpha value is -3.91. The number of para-hydroxylation sites is 1. The first-order chi connectivity index (χ1) is 16.9. The van der Waals surface area contributed by atoms with Gasteiger partial charge in [0.2, 0.25) is 0 Å². The summed E-state index contributed by atoms with van der Waals surface area (Å²) >= 11 is 0. The molecule has 2 aliphatic heterocycles. The number of aliphatic hydroxyl groups excluding tert-OH is 1. The molecule has 35 heavy (non-hydrogen) atoms. The average Bonchev–Trinajstić information content (AvgIpc) is 3.25. The third-order valence-corrected chi connectivity index (χ3v) is 6.35. The predicted molar refractivity (Wildman–Crippen MR) is 131 cm³/mol. The highest BCUT2D eigenvalue weighted by molar-refractivity contribution is 6.50. The Morgan fingerprint density at radius 1 is 1.11 bits per heavy atom. The summed E-state index contributed by atoms with van der Waals surface area (Å²) in [5.74, 6) is -2.02. The molecular weight excluding hydrogens is 448 g/mol. The summed E-state index contributed by atoms with van der Waals surface area (Å²) in [5, 5.41) is 11.4. The fraction of sp³-hybridized carbons (Fsp3) is 0.296. The van der Waals surface area contributed by atoms with Crippen LogP contribution < -0.4 is 9.64 Å². The zero-order valence-corrected chi connectivity index (χ0v) is 19.8. The number of hydrogen-bond acceptors (Lipinski definition) is 6. The van der Waals surface area contributed by atoms with Crippen LogP contribution in [0.2, 0.25) is 0 Å². The molecule has 1 fully saturated rings. The largest absolute Gasteiger partial charge is 0.507 e. The number of nitrogens with zero attached hydrogens (tertiary/aromatic N) is 2. The van der Waals surface area contributed by atoms with Gasteiger partial charge in [-0.1, -0.05) is 30.9 Å². The molecule has 2 aliphatic rings. The lowest BCUT2D eigenvalue weighted by Crippen LogP contribution is -2.52. The maximum Gasteiger partial charge on any atom is 0.296 e. The monoisotopic (exact) mass is 476 g/mol. The van der Waals surface area contributed by atoms with Gasteiger partial charge < -0.3 is 24.4 Å². The first kappa shape index (κ1) is 24.2. The van der Waals surface area contributed by atoms with Crippen molar-refractivity contribution in [1.82, 2.24) is 4.90 Å². The Labute approximate surface area is 204 Å². The number of benzene rings is 2. The maximum atomic E-state index is 14.0. The van der Waals surface area contributed by atoms with Crippen LogP contribution in [0.4, 0.5) is 5.69 Å². The van der Waals surface area contributed by atoms with Crippen molar-refractivity contribution in [3.63, 3.8) is 0 Å². The highest BCUT2D eigenvalue weighted by atomic mass is 16.5. The van der Waals surface area contributed by atoms with Gasteiger partial charge in [0.15, 0.2) is 5.54 Å². The van der Waals surface area contributed by atoms with Crippen molar-refractivity contribution in [2.75, 3.05) is 38.3 Å². The second-order valence-electron chi connectivity index (χ2n) is 8.26. The van der Waals surface area contributed by atoms with E-state index in [1.807, 2.05) is 6.92 Å². The highest BCUT2D eigenvalue weighted by Gasteiger charge is 2.66. The minimum atomic E-state index is -1.75. The van der Waals surface area contributed by atoms with E-state index < -0.39 is 28.9 Å². The molecule has 182 valence electrons. The van der Waals surface area contributed by atoms with Crippen LogP contribution in [-0.2, 0) is 24.7 Å². The molecule has 4 rings (SSSR count). The first-order valence-electron chi connectivity index (χ1n) is 11.5. The molecule has 2 aromatic rings. The van der Waals surface area contributed by atoms with Gasteiger partial charge in [-0.2, -0.15) is 0 Å². The van der Waals surface area contributed by atoms with Gasteiger partial charge in [-0.3, -0.25) is 14.4 Å². The Morgan fingerprint density at radius 3 is 2.49 bits per heavy atom. The van der Waals surface area contributed by atoms with Crippen molar-refractivity contribution in [3.05, 3.63) is 77.9 Å². The number of methoxy groups -OCH3 is 1. The first-order valence-corrected chi connectivity index (χ1v) is 11.5. The zero-order chi connectivity index (χ0) is 25.2. The lowest BCUT2D eigenvalue weighted by Gasteiger charge is -2.34. The van der Waals surface area contributed by atoms with E-state index in [9.17, 15) is 19.5 Å². The summed E-state index contributed by atoms with van der Waals surface area (Å²) in [5.41, 5.74) is -0.580. The number of anilines is 1. The van der Waals surface area contributed by atoms with Crippen LogP contribution in [-0.4, -0.2) is 61.0 Å². The number of ether oxygens (including phenoxy) is 2. The van der Waals surface area contributed by atoms with Crippen molar-refractivity contribution in [2.45, 2.75) is 18.9 Å². The number of aliphatic hydroxyl groups is 1. The lowest BCUT2D eigenvalue weighted by atomic mass is 9.82. The molecule has 8 nitrogen and oxygen atoms in total. The number of Topliss-reactive ketones (excluding diaryl/α,β-unsaturated/α-hetero) is 1. The molecule has 1 saturated heterocycles. The second kappa shape index (κ2) is 9.76. The molecule has 1 atom stereocenters. The van der Waals surface area contributed by atoms with Crippen LogP contribution in [0.5, 0.6) is 5.75 Å². The minimum absolute atomic E-state index is 0.112. The van der Waals surface area contributed by atoms with Crippen LogP contribution in [0.1, 0.15) is 24.5 Å². The van der Waals surface area contributed by atoms with Crippen LogP contribution in [0.25, 0.3) is 5.76 Å². The smallest absolute Gasteiger partial charge is 0.296 e. The quantitative estimate of drug-likeness (QED) is 0.196. The normalized spacial score (nSPS) is 20.6. The zero-order valence-electron chi connectivity index (χ0n) is 19.8.